The molecular weight excluding hydrogens is 186 g/mol. The van der Waals surface area contributed by atoms with Crippen LogP contribution in [0.15, 0.2) is 36.7 Å². The topological polar surface area (TPSA) is 49.6 Å². The zero-order valence-electron chi connectivity index (χ0n) is 8.31. The third-order valence-electron chi connectivity index (χ3n) is 2.12. The molecule has 0 atom stereocenters. The molecule has 2 heterocycles. The van der Waals surface area contributed by atoms with Crippen molar-refractivity contribution in [2.24, 2.45) is 0 Å². The number of aromatic nitrogens is 2. The van der Waals surface area contributed by atoms with Gasteiger partial charge < -0.3 is 0 Å². The molecule has 0 amide bonds. The quantitative estimate of drug-likeness (QED) is 0.701. The number of hydrogen-bond acceptors (Lipinski definition) is 3. The Kier molecular flexibility index (Phi) is 2.42. The van der Waals surface area contributed by atoms with Gasteiger partial charge in [-0.15, -0.1) is 0 Å². The predicted octanol–water partition coefficient (Wildman–Crippen LogP) is 2.32. The average molecular weight is 195 g/mol. The summed E-state index contributed by atoms with van der Waals surface area (Å²) in [5, 5.41) is 8.61. The van der Waals surface area contributed by atoms with Crippen molar-refractivity contribution in [1.82, 2.24) is 9.97 Å². The van der Waals surface area contributed by atoms with Crippen molar-refractivity contribution >= 4 is 0 Å². The number of nitrogens with zero attached hydrogens (tertiary/aromatic N) is 3. The van der Waals surface area contributed by atoms with Crippen LogP contribution in [0.1, 0.15) is 11.4 Å². The van der Waals surface area contributed by atoms with Crippen LogP contribution in [0.4, 0.5) is 0 Å². The van der Waals surface area contributed by atoms with Gasteiger partial charge in [-0.1, -0.05) is 6.07 Å². The maximum absolute atomic E-state index is 8.61. The molecule has 0 N–H and O–H groups in total. The van der Waals surface area contributed by atoms with Crippen LogP contribution in [0.25, 0.3) is 11.1 Å². The van der Waals surface area contributed by atoms with E-state index in [1.165, 1.54) is 0 Å². The van der Waals surface area contributed by atoms with E-state index < -0.39 is 0 Å². The molecule has 0 fully saturated rings. The van der Waals surface area contributed by atoms with Crippen LogP contribution in [-0.4, -0.2) is 9.97 Å². The molecule has 0 aliphatic heterocycles. The first-order valence-electron chi connectivity index (χ1n) is 4.59. The van der Waals surface area contributed by atoms with Crippen LogP contribution in [0.2, 0.25) is 0 Å². The van der Waals surface area contributed by atoms with Crippen molar-refractivity contribution in [3.05, 3.63) is 48.0 Å². The number of pyridine rings is 2. The lowest BCUT2D eigenvalue weighted by Gasteiger charge is -2.00. The zero-order chi connectivity index (χ0) is 10.7. The highest BCUT2D eigenvalue weighted by Crippen LogP contribution is 2.17. The lowest BCUT2D eigenvalue weighted by molar-refractivity contribution is 1.20. The van der Waals surface area contributed by atoms with Crippen molar-refractivity contribution in [1.29, 1.82) is 5.26 Å². The Balaban J connectivity index is 2.38. The normalized spacial score (nSPS) is 9.60. The second kappa shape index (κ2) is 3.89. The van der Waals surface area contributed by atoms with Gasteiger partial charge in [0.05, 0.1) is 0 Å². The summed E-state index contributed by atoms with van der Waals surface area (Å²) >= 11 is 0. The van der Waals surface area contributed by atoms with Crippen LogP contribution in [0.5, 0.6) is 0 Å². The Hall–Kier alpha value is -2.21. The molecule has 0 bridgehead atoms. The Morgan fingerprint density at radius 1 is 1.00 bits per heavy atom. The lowest BCUT2D eigenvalue weighted by atomic mass is 10.1. The molecule has 0 unspecified atom stereocenters. The molecule has 0 aliphatic carbocycles. The number of rotatable bonds is 1. The summed E-state index contributed by atoms with van der Waals surface area (Å²) < 4.78 is 0. The molecule has 15 heavy (non-hydrogen) atoms. The SMILES string of the molecule is Cc1ccc(-c2ccc(C#N)nc2)cn1. The molecule has 72 valence electrons. The summed E-state index contributed by atoms with van der Waals surface area (Å²) in [5.41, 5.74) is 3.40. The van der Waals surface area contributed by atoms with Crippen LogP contribution >= 0.6 is 0 Å². The van der Waals surface area contributed by atoms with Gasteiger partial charge in [-0.25, -0.2) is 4.98 Å². The Labute approximate surface area is 88.1 Å². The smallest absolute Gasteiger partial charge is 0.140 e. The molecular formula is C12H9N3. The zero-order valence-corrected chi connectivity index (χ0v) is 8.31. The third-order valence-corrected chi connectivity index (χ3v) is 2.12. The summed E-state index contributed by atoms with van der Waals surface area (Å²) in [6.45, 7) is 1.95. The second-order valence-corrected chi connectivity index (χ2v) is 3.23. The molecule has 0 saturated carbocycles. The molecule has 0 spiro atoms. The molecule has 3 heteroatoms. The van der Waals surface area contributed by atoms with E-state index in [-0.39, 0.29) is 0 Å². The van der Waals surface area contributed by atoms with Gasteiger partial charge in [0, 0.05) is 29.2 Å². The minimum absolute atomic E-state index is 0.429. The van der Waals surface area contributed by atoms with Gasteiger partial charge >= 0.3 is 0 Å². The van der Waals surface area contributed by atoms with Gasteiger partial charge in [0.15, 0.2) is 0 Å². The van der Waals surface area contributed by atoms with E-state index in [0.29, 0.717) is 5.69 Å². The predicted molar refractivity (Wildman–Crippen MR) is 56.9 cm³/mol. The highest BCUT2D eigenvalue weighted by molar-refractivity contribution is 5.61. The number of hydrogen-bond donors (Lipinski definition) is 0. The standard InChI is InChI=1S/C12H9N3/c1-9-2-3-10(7-14-9)11-4-5-12(6-13)15-8-11/h2-5,7-8H,1H3. The van der Waals surface area contributed by atoms with Crippen molar-refractivity contribution in [3.63, 3.8) is 0 Å². The highest BCUT2D eigenvalue weighted by Gasteiger charge is 1.98. The Bertz CT molecular complexity index is 492. The summed E-state index contributed by atoms with van der Waals surface area (Å²) in [7, 11) is 0. The summed E-state index contributed by atoms with van der Waals surface area (Å²) in [5.74, 6) is 0. The molecule has 3 nitrogen and oxygen atoms in total. The molecule has 0 saturated heterocycles. The average Bonchev–Trinajstić information content (AvgIpc) is 2.30. The summed E-state index contributed by atoms with van der Waals surface area (Å²) in [6.07, 6.45) is 3.49. The van der Waals surface area contributed by atoms with E-state index in [9.17, 15) is 0 Å². The van der Waals surface area contributed by atoms with Gasteiger partial charge in [-0.05, 0) is 25.1 Å². The van der Waals surface area contributed by atoms with E-state index in [2.05, 4.69) is 9.97 Å². The van der Waals surface area contributed by atoms with Gasteiger partial charge in [0.25, 0.3) is 0 Å². The first kappa shape index (κ1) is 9.35. The largest absolute Gasteiger partial charge is 0.261 e. The van der Waals surface area contributed by atoms with Gasteiger partial charge in [0.2, 0.25) is 0 Å². The van der Waals surface area contributed by atoms with Crippen molar-refractivity contribution in [2.45, 2.75) is 6.92 Å². The van der Waals surface area contributed by atoms with E-state index in [1.807, 2.05) is 31.2 Å². The van der Waals surface area contributed by atoms with Crippen LogP contribution in [0.3, 0.4) is 0 Å². The molecule has 2 aromatic rings. The fraction of sp³-hybridized carbons (Fsp3) is 0.0833. The van der Waals surface area contributed by atoms with E-state index in [4.69, 9.17) is 5.26 Å². The maximum atomic E-state index is 8.61. The van der Waals surface area contributed by atoms with Gasteiger partial charge in [-0.2, -0.15) is 5.26 Å². The molecule has 2 rings (SSSR count). The Morgan fingerprint density at radius 3 is 2.13 bits per heavy atom. The monoisotopic (exact) mass is 195 g/mol. The van der Waals surface area contributed by atoms with Crippen molar-refractivity contribution in [2.75, 3.05) is 0 Å². The highest BCUT2D eigenvalue weighted by atomic mass is 14.7. The first-order chi connectivity index (χ1) is 7.29. The second-order valence-electron chi connectivity index (χ2n) is 3.23. The lowest BCUT2D eigenvalue weighted by Crippen LogP contribution is -1.85. The van der Waals surface area contributed by atoms with Gasteiger partial charge in [0.1, 0.15) is 11.8 Å². The fourth-order valence-corrected chi connectivity index (χ4v) is 1.27. The third kappa shape index (κ3) is 2.00. The van der Waals surface area contributed by atoms with Crippen LogP contribution < -0.4 is 0 Å². The van der Waals surface area contributed by atoms with Gasteiger partial charge in [-0.3, -0.25) is 4.98 Å². The number of aryl methyl sites for hydroxylation is 1. The van der Waals surface area contributed by atoms with E-state index in [0.717, 1.165) is 16.8 Å². The minimum Gasteiger partial charge on any atom is -0.261 e. The molecule has 0 aliphatic rings. The maximum Gasteiger partial charge on any atom is 0.140 e. The van der Waals surface area contributed by atoms with Crippen LogP contribution in [0, 0.1) is 18.3 Å². The minimum atomic E-state index is 0.429. The fourth-order valence-electron chi connectivity index (χ4n) is 1.27. The van der Waals surface area contributed by atoms with E-state index in [1.54, 1.807) is 18.5 Å². The van der Waals surface area contributed by atoms with Crippen molar-refractivity contribution in [3.8, 4) is 17.2 Å². The van der Waals surface area contributed by atoms with Crippen LogP contribution in [-0.2, 0) is 0 Å². The Morgan fingerprint density at radius 2 is 1.67 bits per heavy atom. The van der Waals surface area contributed by atoms with E-state index >= 15 is 0 Å². The summed E-state index contributed by atoms with van der Waals surface area (Å²) in [4.78, 5) is 8.21. The molecule has 2 aromatic heterocycles. The summed E-state index contributed by atoms with van der Waals surface area (Å²) in [6, 6.07) is 9.51. The molecule has 0 aromatic carbocycles. The first-order valence-corrected chi connectivity index (χ1v) is 4.59. The molecule has 0 radical (unpaired) electrons. The number of nitriles is 1. The van der Waals surface area contributed by atoms with Crippen molar-refractivity contribution < 1.29 is 0 Å².